The molecule has 1 rings (SSSR count). The highest BCUT2D eigenvalue weighted by atomic mass is 32.2. The second kappa shape index (κ2) is 6.91. The molecule has 0 fully saturated rings. The van der Waals surface area contributed by atoms with Gasteiger partial charge in [-0.25, -0.2) is 13.4 Å². The van der Waals surface area contributed by atoms with E-state index < -0.39 is 32.7 Å². The maximum Gasteiger partial charge on any atom is 0.323 e. The lowest BCUT2D eigenvalue weighted by molar-refractivity contribution is -0.137. The summed E-state index contributed by atoms with van der Waals surface area (Å²) in [5.41, 5.74) is -0.552. The number of nitrogens with zero attached hydrogens (tertiary/aromatic N) is 2. The number of nitrogens with one attached hydrogen (secondary N) is 1. The Balaban J connectivity index is 2.64. The number of hydrogen-bond acceptors (Lipinski definition) is 6. The Morgan fingerprint density at radius 1 is 1.41 bits per heavy atom. The van der Waals surface area contributed by atoms with Gasteiger partial charge < -0.3 is 10.4 Å². The second-order valence-corrected chi connectivity index (χ2v) is 8.68. The van der Waals surface area contributed by atoms with Crippen molar-refractivity contribution in [2.24, 2.45) is 0 Å². The van der Waals surface area contributed by atoms with Gasteiger partial charge in [-0.2, -0.15) is 0 Å². The molecule has 1 aromatic rings. The summed E-state index contributed by atoms with van der Waals surface area (Å²) in [6.07, 6.45) is 2.93. The van der Waals surface area contributed by atoms with Gasteiger partial charge in [0.25, 0.3) is 5.56 Å². The van der Waals surface area contributed by atoms with Crippen LogP contribution in [0.5, 0.6) is 0 Å². The highest BCUT2D eigenvalue weighted by molar-refractivity contribution is 7.92. The molecule has 1 aromatic heterocycles. The lowest BCUT2D eigenvalue weighted by Crippen LogP contribution is -2.31. The number of hydrogen-bond donors (Lipinski definition) is 2. The fourth-order valence-corrected chi connectivity index (χ4v) is 2.75. The molecule has 8 nitrogen and oxygen atoms in total. The van der Waals surface area contributed by atoms with Crippen LogP contribution >= 0.6 is 0 Å². The quantitative estimate of drug-likeness (QED) is 0.692. The molecule has 2 N–H and O–H groups in total. The third-order valence-corrected chi connectivity index (χ3v) is 5.73. The first kappa shape index (κ1) is 18.1. The van der Waals surface area contributed by atoms with Crippen LogP contribution in [0, 0.1) is 0 Å². The molecule has 9 heteroatoms. The Bertz CT molecular complexity index is 688. The van der Waals surface area contributed by atoms with Crippen molar-refractivity contribution in [2.75, 3.05) is 17.6 Å². The van der Waals surface area contributed by atoms with E-state index in [4.69, 9.17) is 5.11 Å². The van der Waals surface area contributed by atoms with Crippen LogP contribution in [0.25, 0.3) is 0 Å². The summed E-state index contributed by atoms with van der Waals surface area (Å²) < 4.78 is 24.1. The van der Waals surface area contributed by atoms with Gasteiger partial charge in [-0.1, -0.05) is 0 Å². The van der Waals surface area contributed by atoms with E-state index in [-0.39, 0.29) is 18.1 Å². The molecule has 0 bridgehead atoms. The van der Waals surface area contributed by atoms with Crippen LogP contribution < -0.4 is 10.9 Å². The minimum absolute atomic E-state index is 0.000347. The molecule has 124 valence electrons. The maximum atomic E-state index is 11.9. The first-order chi connectivity index (χ1) is 10.0. The number of carbonyl (C=O) groups is 1. The average molecular weight is 331 g/mol. The third kappa shape index (κ3) is 4.83. The van der Waals surface area contributed by atoms with E-state index in [0.717, 1.165) is 4.57 Å². The minimum Gasteiger partial charge on any atom is -0.480 e. The first-order valence-electron chi connectivity index (χ1n) is 6.78. The fraction of sp³-hybridized carbons (Fsp3) is 0.615. The van der Waals surface area contributed by atoms with Gasteiger partial charge >= 0.3 is 5.97 Å². The van der Waals surface area contributed by atoms with Crippen LogP contribution in [0.1, 0.15) is 27.2 Å². The van der Waals surface area contributed by atoms with E-state index in [0.29, 0.717) is 6.42 Å². The number of rotatable bonds is 7. The van der Waals surface area contributed by atoms with Gasteiger partial charge in [-0.05, 0) is 27.2 Å². The smallest absolute Gasteiger partial charge is 0.323 e. The fourth-order valence-electron chi connectivity index (χ4n) is 1.61. The molecule has 0 aliphatic heterocycles. The van der Waals surface area contributed by atoms with Crippen molar-refractivity contribution in [1.29, 1.82) is 0 Å². The maximum absolute atomic E-state index is 11.9. The Morgan fingerprint density at radius 2 is 2.05 bits per heavy atom. The molecule has 0 atom stereocenters. The van der Waals surface area contributed by atoms with Crippen molar-refractivity contribution in [3.05, 3.63) is 22.7 Å². The van der Waals surface area contributed by atoms with Crippen LogP contribution in [-0.2, 0) is 21.2 Å². The van der Waals surface area contributed by atoms with E-state index in [1.807, 2.05) is 0 Å². The highest BCUT2D eigenvalue weighted by Gasteiger charge is 2.28. The van der Waals surface area contributed by atoms with Crippen LogP contribution in [-0.4, -0.2) is 46.1 Å². The molecule has 1 heterocycles. The number of anilines is 1. The van der Waals surface area contributed by atoms with Crippen molar-refractivity contribution in [1.82, 2.24) is 9.55 Å². The molecule has 0 spiro atoms. The van der Waals surface area contributed by atoms with Crippen LogP contribution in [0.3, 0.4) is 0 Å². The molecule has 0 saturated heterocycles. The molecule has 0 amide bonds. The van der Waals surface area contributed by atoms with Gasteiger partial charge in [0.05, 0.1) is 10.5 Å². The van der Waals surface area contributed by atoms with Gasteiger partial charge in [0.2, 0.25) is 0 Å². The zero-order valence-electron chi connectivity index (χ0n) is 12.9. The van der Waals surface area contributed by atoms with E-state index in [9.17, 15) is 18.0 Å². The summed E-state index contributed by atoms with van der Waals surface area (Å²) in [4.78, 5) is 26.4. The van der Waals surface area contributed by atoms with Crippen LogP contribution in [0.2, 0.25) is 0 Å². The Morgan fingerprint density at radius 3 is 2.59 bits per heavy atom. The summed E-state index contributed by atoms with van der Waals surface area (Å²) in [5.74, 6) is -1.12. The lowest BCUT2D eigenvalue weighted by Gasteiger charge is -2.19. The van der Waals surface area contributed by atoms with E-state index in [2.05, 4.69) is 10.3 Å². The van der Waals surface area contributed by atoms with Crippen LogP contribution in [0.4, 0.5) is 5.82 Å². The Hall–Kier alpha value is -1.90. The molecule has 0 aromatic carbocycles. The van der Waals surface area contributed by atoms with Gasteiger partial charge in [0, 0.05) is 18.9 Å². The number of aromatic nitrogens is 2. The van der Waals surface area contributed by atoms with E-state index in [1.54, 1.807) is 20.8 Å². The molecule has 0 aliphatic rings. The van der Waals surface area contributed by atoms with Gasteiger partial charge in [0.1, 0.15) is 6.54 Å². The van der Waals surface area contributed by atoms with Crippen molar-refractivity contribution < 1.29 is 18.3 Å². The molecule has 0 saturated carbocycles. The standard InChI is InChI=1S/C13H21N3O5S/c1-13(2,3)22(20,21)8-4-5-14-11-12(19)16(7-6-15-11)9-10(17)18/h6-7H,4-5,8-9H2,1-3H3,(H,14,15)(H,17,18). The molecule has 0 unspecified atom stereocenters. The minimum atomic E-state index is -3.21. The summed E-state index contributed by atoms with van der Waals surface area (Å²) in [5, 5.41) is 11.4. The largest absolute Gasteiger partial charge is 0.480 e. The van der Waals surface area contributed by atoms with Crippen LogP contribution in [0.15, 0.2) is 17.2 Å². The first-order valence-corrected chi connectivity index (χ1v) is 8.43. The summed E-state index contributed by atoms with van der Waals surface area (Å²) in [6.45, 7) is 4.72. The molecular weight excluding hydrogens is 310 g/mol. The van der Waals surface area contributed by atoms with Gasteiger partial charge in [-0.15, -0.1) is 0 Å². The van der Waals surface area contributed by atoms with Crippen molar-refractivity contribution in [3.63, 3.8) is 0 Å². The Labute approximate surface area is 129 Å². The number of aliphatic carboxylic acids is 1. The van der Waals surface area contributed by atoms with Gasteiger partial charge in [-0.3, -0.25) is 14.2 Å². The zero-order valence-corrected chi connectivity index (χ0v) is 13.7. The molecule has 22 heavy (non-hydrogen) atoms. The summed E-state index contributed by atoms with van der Waals surface area (Å²) in [6, 6.07) is 0. The normalized spacial score (nSPS) is 12.1. The number of carboxylic acids is 1. The summed E-state index contributed by atoms with van der Waals surface area (Å²) >= 11 is 0. The van der Waals surface area contributed by atoms with Crippen molar-refractivity contribution >= 4 is 21.6 Å². The highest BCUT2D eigenvalue weighted by Crippen LogP contribution is 2.16. The SMILES string of the molecule is CC(C)(C)S(=O)(=O)CCCNc1nccn(CC(=O)O)c1=O. The molecule has 0 radical (unpaired) electrons. The molecular formula is C13H21N3O5S. The van der Waals surface area contributed by atoms with Crippen molar-refractivity contribution in [2.45, 2.75) is 38.5 Å². The Kier molecular flexibility index (Phi) is 5.70. The lowest BCUT2D eigenvalue weighted by atomic mass is 10.3. The average Bonchev–Trinajstić information content (AvgIpc) is 2.36. The van der Waals surface area contributed by atoms with E-state index in [1.165, 1.54) is 12.4 Å². The predicted octanol–water partition coefficient (Wildman–Crippen LogP) is 0.343. The number of sulfone groups is 1. The number of carboxylic acid groups (broad SMARTS) is 1. The predicted molar refractivity (Wildman–Crippen MR) is 82.8 cm³/mol. The van der Waals surface area contributed by atoms with Crippen molar-refractivity contribution in [3.8, 4) is 0 Å². The third-order valence-electron chi connectivity index (χ3n) is 3.03. The van der Waals surface area contributed by atoms with Gasteiger partial charge in [0.15, 0.2) is 15.7 Å². The zero-order chi connectivity index (χ0) is 17.0. The summed E-state index contributed by atoms with van der Waals surface area (Å²) in [7, 11) is -3.21. The monoisotopic (exact) mass is 331 g/mol. The topological polar surface area (TPSA) is 118 Å². The van der Waals surface area contributed by atoms with E-state index >= 15 is 0 Å². The molecule has 0 aliphatic carbocycles. The second-order valence-electron chi connectivity index (χ2n) is 5.81.